The van der Waals surface area contributed by atoms with Crippen molar-refractivity contribution in [2.24, 2.45) is 10.4 Å². The van der Waals surface area contributed by atoms with E-state index in [1.807, 2.05) is 23.9 Å². The highest BCUT2D eigenvalue weighted by atomic mass is 15.3. The van der Waals surface area contributed by atoms with Gasteiger partial charge in [-0.3, -0.25) is 0 Å². The molecule has 3 heterocycles. The molecule has 1 saturated carbocycles. The van der Waals surface area contributed by atoms with Crippen LogP contribution in [0, 0.1) is 5.41 Å². The van der Waals surface area contributed by atoms with Gasteiger partial charge in [0.05, 0.1) is 5.69 Å². The lowest BCUT2D eigenvalue weighted by atomic mass is 9.72. The van der Waals surface area contributed by atoms with Crippen LogP contribution in [0.4, 0.5) is 5.69 Å². The first-order valence-corrected chi connectivity index (χ1v) is 11.7. The molecule has 0 spiro atoms. The zero-order chi connectivity index (χ0) is 21.9. The van der Waals surface area contributed by atoms with Crippen LogP contribution in [0.2, 0.25) is 0 Å². The van der Waals surface area contributed by atoms with Crippen LogP contribution in [0.25, 0.3) is 5.65 Å². The van der Waals surface area contributed by atoms with Crippen LogP contribution in [0.15, 0.2) is 47.6 Å². The van der Waals surface area contributed by atoms with Crippen LogP contribution < -0.4 is 10.6 Å². The van der Waals surface area contributed by atoms with Gasteiger partial charge in [-0.1, -0.05) is 45.1 Å². The maximum atomic E-state index is 4.68. The standard InChI is InChI=1S/C25H36N6/c1-24(2,26-4)25(3)13-10-14-27-22(16-25)30-21-15-20(17-31-23(21)28-18-29-31)19-11-8-6-5-7-9-12-19/h10,13-19,26,30H,5-9,11-12H2,1-4H3. The lowest BCUT2D eigenvalue weighted by Gasteiger charge is -2.40. The van der Waals surface area contributed by atoms with Crippen molar-refractivity contribution in [1.82, 2.24) is 19.9 Å². The number of hydrogen-bond donors (Lipinski definition) is 2. The molecule has 2 aliphatic rings. The molecular formula is C25H36N6. The number of nitrogens with one attached hydrogen (secondary N) is 2. The molecule has 1 aliphatic carbocycles. The predicted octanol–water partition coefficient (Wildman–Crippen LogP) is 5.46. The van der Waals surface area contributed by atoms with Crippen molar-refractivity contribution in [3.8, 4) is 0 Å². The van der Waals surface area contributed by atoms with Gasteiger partial charge >= 0.3 is 0 Å². The van der Waals surface area contributed by atoms with E-state index < -0.39 is 0 Å². The van der Waals surface area contributed by atoms with Crippen molar-refractivity contribution in [3.05, 3.63) is 48.2 Å². The summed E-state index contributed by atoms with van der Waals surface area (Å²) >= 11 is 0. The Kier molecular flexibility index (Phi) is 6.28. The van der Waals surface area contributed by atoms with E-state index in [1.165, 1.54) is 50.5 Å². The molecule has 0 radical (unpaired) electrons. The Morgan fingerprint density at radius 3 is 2.61 bits per heavy atom. The van der Waals surface area contributed by atoms with Gasteiger partial charge < -0.3 is 10.6 Å². The summed E-state index contributed by atoms with van der Waals surface area (Å²) in [6, 6.07) is 2.27. The summed E-state index contributed by atoms with van der Waals surface area (Å²) in [7, 11) is 2.00. The molecule has 0 bridgehead atoms. The normalized spacial score (nSPS) is 23.3. The number of allylic oxidation sites excluding steroid dienone is 1. The molecule has 166 valence electrons. The fourth-order valence-corrected chi connectivity index (χ4v) is 4.65. The Hall–Kier alpha value is -2.47. The molecule has 1 fully saturated rings. The maximum Gasteiger partial charge on any atom is 0.178 e. The fraction of sp³-hybridized carbons (Fsp3) is 0.560. The van der Waals surface area contributed by atoms with Gasteiger partial charge in [-0.25, -0.2) is 14.5 Å². The summed E-state index contributed by atoms with van der Waals surface area (Å²) in [5.41, 5.74) is 2.80. The Balaban J connectivity index is 1.69. The number of nitrogens with zero attached hydrogens (tertiary/aromatic N) is 4. The second kappa shape index (κ2) is 8.95. The van der Waals surface area contributed by atoms with Crippen molar-refractivity contribution in [2.75, 3.05) is 12.4 Å². The first-order valence-electron chi connectivity index (χ1n) is 11.7. The zero-order valence-corrected chi connectivity index (χ0v) is 19.4. The highest BCUT2D eigenvalue weighted by Gasteiger charge is 2.37. The van der Waals surface area contributed by atoms with Gasteiger partial charge in [-0.05, 0) is 63.4 Å². The first kappa shape index (κ1) is 21.8. The molecule has 2 aromatic heterocycles. The molecule has 31 heavy (non-hydrogen) atoms. The van der Waals surface area contributed by atoms with E-state index in [0.717, 1.165) is 17.2 Å². The van der Waals surface area contributed by atoms with E-state index >= 15 is 0 Å². The molecule has 0 amide bonds. The molecular weight excluding hydrogens is 384 g/mol. The lowest BCUT2D eigenvalue weighted by Crippen LogP contribution is -2.49. The summed E-state index contributed by atoms with van der Waals surface area (Å²) in [4.78, 5) is 9.19. The van der Waals surface area contributed by atoms with Crippen LogP contribution in [-0.4, -0.2) is 33.4 Å². The molecule has 1 atom stereocenters. The monoisotopic (exact) mass is 420 g/mol. The first-order chi connectivity index (χ1) is 14.9. The number of pyridine rings is 1. The van der Waals surface area contributed by atoms with Crippen LogP contribution in [0.3, 0.4) is 0 Å². The molecule has 6 nitrogen and oxygen atoms in total. The Morgan fingerprint density at radius 1 is 1.13 bits per heavy atom. The fourth-order valence-electron chi connectivity index (χ4n) is 4.65. The van der Waals surface area contributed by atoms with Gasteiger partial charge in [-0.2, -0.15) is 5.10 Å². The SMILES string of the molecule is CNC(C)(C)C1(C)C=CC=NC(Nc2cc(C3CCCCCCC3)cn3ncnc23)=C1. The van der Waals surface area contributed by atoms with Crippen molar-refractivity contribution in [3.63, 3.8) is 0 Å². The molecule has 4 rings (SSSR count). The van der Waals surface area contributed by atoms with Crippen LogP contribution in [0.5, 0.6) is 0 Å². The highest BCUT2D eigenvalue weighted by molar-refractivity contribution is 5.76. The third-order valence-electron chi connectivity index (χ3n) is 7.39. The van der Waals surface area contributed by atoms with Crippen LogP contribution >= 0.6 is 0 Å². The van der Waals surface area contributed by atoms with E-state index in [4.69, 9.17) is 0 Å². The maximum absolute atomic E-state index is 4.68. The molecule has 0 saturated heterocycles. The zero-order valence-electron chi connectivity index (χ0n) is 19.4. The lowest BCUT2D eigenvalue weighted by molar-refractivity contribution is 0.258. The number of hydrogen-bond acceptors (Lipinski definition) is 5. The van der Waals surface area contributed by atoms with Gasteiger partial charge in [-0.15, -0.1) is 0 Å². The third-order valence-corrected chi connectivity index (χ3v) is 7.39. The minimum absolute atomic E-state index is 0.130. The van der Waals surface area contributed by atoms with Gasteiger partial charge in [0.1, 0.15) is 12.1 Å². The number of aromatic nitrogens is 3. The van der Waals surface area contributed by atoms with Crippen LogP contribution in [-0.2, 0) is 0 Å². The van der Waals surface area contributed by atoms with Crippen molar-refractivity contribution in [2.45, 2.75) is 77.2 Å². The minimum atomic E-state index is -0.207. The van der Waals surface area contributed by atoms with Gasteiger partial charge in [0.15, 0.2) is 5.65 Å². The van der Waals surface area contributed by atoms with E-state index in [9.17, 15) is 0 Å². The van der Waals surface area contributed by atoms with E-state index in [2.05, 4.69) is 70.9 Å². The summed E-state index contributed by atoms with van der Waals surface area (Å²) in [5, 5.41) is 11.5. The van der Waals surface area contributed by atoms with Gasteiger partial charge in [0.25, 0.3) is 0 Å². The number of rotatable bonds is 5. The number of anilines is 1. The predicted molar refractivity (Wildman–Crippen MR) is 129 cm³/mol. The highest BCUT2D eigenvalue weighted by Crippen LogP contribution is 2.37. The van der Waals surface area contributed by atoms with Crippen molar-refractivity contribution in [1.29, 1.82) is 0 Å². The van der Waals surface area contributed by atoms with Crippen molar-refractivity contribution >= 4 is 17.5 Å². The smallest absolute Gasteiger partial charge is 0.178 e. The van der Waals surface area contributed by atoms with E-state index in [-0.39, 0.29) is 11.0 Å². The molecule has 6 heteroatoms. The molecule has 2 N–H and O–H groups in total. The third kappa shape index (κ3) is 4.59. The average Bonchev–Trinajstić information content (AvgIpc) is 3.11. The molecule has 1 aliphatic heterocycles. The average molecular weight is 421 g/mol. The van der Waals surface area contributed by atoms with Crippen molar-refractivity contribution < 1.29 is 0 Å². The summed E-state index contributed by atoms with van der Waals surface area (Å²) in [6.07, 6.45) is 21.3. The summed E-state index contributed by atoms with van der Waals surface area (Å²) < 4.78 is 1.91. The Morgan fingerprint density at radius 2 is 1.87 bits per heavy atom. The van der Waals surface area contributed by atoms with Crippen LogP contribution in [0.1, 0.15) is 77.2 Å². The van der Waals surface area contributed by atoms with Gasteiger partial charge in [0.2, 0.25) is 0 Å². The number of aliphatic imine (C=N–C) groups is 1. The second-order valence-corrected chi connectivity index (χ2v) is 9.71. The quantitative estimate of drug-likeness (QED) is 0.674. The number of fused-ring (bicyclic) bond motifs is 1. The molecule has 1 unspecified atom stereocenters. The Labute approximate surface area is 185 Å². The summed E-state index contributed by atoms with van der Waals surface area (Å²) in [5.74, 6) is 1.41. The van der Waals surface area contributed by atoms with E-state index in [0.29, 0.717) is 5.92 Å². The van der Waals surface area contributed by atoms with Gasteiger partial charge in [0, 0.05) is 23.4 Å². The van der Waals surface area contributed by atoms with E-state index in [1.54, 1.807) is 6.33 Å². The largest absolute Gasteiger partial charge is 0.337 e. The molecule has 0 aromatic carbocycles. The molecule has 2 aromatic rings. The minimum Gasteiger partial charge on any atom is -0.337 e. The topological polar surface area (TPSA) is 66.6 Å². The Bertz CT molecular complexity index is 991. The second-order valence-electron chi connectivity index (χ2n) is 9.71. The summed E-state index contributed by atoms with van der Waals surface area (Å²) in [6.45, 7) is 6.65.